The van der Waals surface area contributed by atoms with Crippen LogP contribution in [-0.2, 0) is 7.05 Å². The van der Waals surface area contributed by atoms with Gasteiger partial charge in [-0.3, -0.25) is 14.4 Å². The summed E-state index contributed by atoms with van der Waals surface area (Å²) < 4.78 is 1.59. The molecule has 2 heterocycles. The van der Waals surface area contributed by atoms with E-state index >= 15 is 0 Å². The Labute approximate surface area is 149 Å². The van der Waals surface area contributed by atoms with Crippen LogP contribution in [0.4, 0.5) is 0 Å². The first-order valence-electron chi connectivity index (χ1n) is 8.14. The van der Waals surface area contributed by atoms with Gasteiger partial charge in [0.25, 0.3) is 5.91 Å². The molecule has 0 bridgehead atoms. The van der Waals surface area contributed by atoms with Crippen LogP contribution in [0.1, 0.15) is 30.0 Å². The second-order valence-corrected chi connectivity index (χ2v) is 6.76. The first-order valence-corrected chi connectivity index (χ1v) is 8.14. The summed E-state index contributed by atoms with van der Waals surface area (Å²) in [6.45, 7) is 7.36. The molecular weight excluding hydrogens is 332 g/mol. The van der Waals surface area contributed by atoms with Gasteiger partial charge in [0, 0.05) is 26.2 Å². The van der Waals surface area contributed by atoms with Gasteiger partial charge < -0.3 is 15.5 Å². The van der Waals surface area contributed by atoms with Crippen molar-refractivity contribution in [2.24, 2.45) is 18.9 Å². The zero-order valence-electron chi connectivity index (χ0n) is 14.8. The van der Waals surface area contributed by atoms with Crippen LogP contribution in [-0.4, -0.2) is 69.2 Å². The zero-order chi connectivity index (χ0) is 17.1. The molecule has 1 aliphatic heterocycles. The van der Waals surface area contributed by atoms with Crippen molar-refractivity contribution in [3.05, 3.63) is 17.5 Å². The van der Waals surface area contributed by atoms with E-state index in [1.54, 1.807) is 17.8 Å². The third-order valence-electron chi connectivity index (χ3n) is 4.74. The molecule has 1 aliphatic rings. The molecule has 0 radical (unpaired) electrons. The highest BCUT2D eigenvalue weighted by molar-refractivity contribution is 5.92. The molecule has 0 aromatic carbocycles. The van der Waals surface area contributed by atoms with E-state index in [0.29, 0.717) is 18.2 Å². The van der Waals surface area contributed by atoms with E-state index in [2.05, 4.69) is 29.2 Å². The summed E-state index contributed by atoms with van der Waals surface area (Å²) in [6, 6.07) is 1.51. The first kappa shape index (κ1) is 20.9. The van der Waals surface area contributed by atoms with E-state index in [1.807, 2.05) is 6.92 Å². The van der Waals surface area contributed by atoms with Crippen molar-refractivity contribution in [1.29, 1.82) is 0 Å². The van der Waals surface area contributed by atoms with Crippen LogP contribution < -0.4 is 5.32 Å². The lowest BCUT2D eigenvalue weighted by molar-refractivity contribution is 0.0847. The molecule has 24 heavy (non-hydrogen) atoms. The molecular formula is C16H29ClN4O3. The molecule has 0 spiro atoms. The van der Waals surface area contributed by atoms with Crippen molar-refractivity contribution in [3.8, 4) is 0 Å². The van der Waals surface area contributed by atoms with Gasteiger partial charge in [-0.05, 0) is 24.8 Å². The molecule has 8 heteroatoms. The molecule has 2 atom stereocenters. The van der Waals surface area contributed by atoms with Crippen LogP contribution in [0.15, 0.2) is 6.07 Å². The number of hydrogen-bond donors (Lipinski definition) is 3. The minimum atomic E-state index is -0.267. The van der Waals surface area contributed by atoms with Gasteiger partial charge in [-0.15, -0.1) is 12.4 Å². The lowest BCUT2D eigenvalue weighted by Crippen LogP contribution is -2.44. The Balaban J connectivity index is 0.00000288. The van der Waals surface area contributed by atoms with E-state index in [4.69, 9.17) is 0 Å². The minimum Gasteiger partial charge on any atom is -0.395 e. The molecule has 7 nitrogen and oxygen atoms in total. The Morgan fingerprint density at radius 3 is 2.46 bits per heavy atom. The topological polar surface area (TPSA) is 90.6 Å². The maximum absolute atomic E-state index is 12.5. The largest absolute Gasteiger partial charge is 0.395 e. The number of amides is 1. The minimum absolute atomic E-state index is 0. The molecule has 1 amide bonds. The first-order chi connectivity index (χ1) is 10.9. The predicted octanol–water partition coefficient (Wildman–Crippen LogP) is 0.190. The van der Waals surface area contributed by atoms with Crippen molar-refractivity contribution in [3.63, 3.8) is 0 Å². The highest BCUT2D eigenvalue weighted by atomic mass is 35.5. The van der Waals surface area contributed by atoms with Crippen LogP contribution in [0.3, 0.4) is 0 Å². The second-order valence-electron chi connectivity index (χ2n) is 6.76. The van der Waals surface area contributed by atoms with Crippen molar-refractivity contribution in [2.75, 3.05) is 26.3 Å². The highest BCUT2D eigenvalue weighted by Crippen LogP contribution is 2.26. The van der Waals surface area contributed by atoms with Gasteiger partial charge in [-0.1, -0.05) is 13.8 Å². The molecule has 3 N–H and O–H groups in total. The number of likely N-dealkylation sites (tertiary alicyclic amines) is 1. The number of aliphatic hydroxyl groups is 2. The van der Waals surface area contributed by atoms with Crippen LogP contribution in [0.5, 0.6) is 0 Å². The summed E-state index contributed by atoms with van der Waals surface area (Å²) in [7, 11) is 1.76. The van der Waals surface area contributed by atoms with Crippen molar-refractivity contribution in [1.82, 2.24) is 20.0 Å². The van der Waals surface area contributed by atoms with E-state index in [1.165, 1.54) is 0 Å². The smallest absolute Gasteiger partial charge is 0.269 e. The van der Waals surface area contributed by atoms with Crippen LogP contribution >= 0.6 is 12.4 Å². The van der Waals surface area contributed by atoms with E-state index in [0.717, 1.165) is 12.2 Å². The summed E-state index contributed by atoms with van der Waals surface area (Å²) in [5.41, 5.74) is 1.36. The Morgan fingerprint density at radius 2 is 2.00 bits per heavy atom. The lowest BCUT2D eigenvalue weighted by Gasteiger charge is -2.24. The standard InChI is InChI=1S/C16H28N4O3.ClH/c1-10(2)13-6-20(12(8-21)9-22)7-14(13)17-16(23)15-5-11(3)18-19(15)4;/h5,10,12-14,21-22H,6-9H2,1-4H3,(H,17,23);1H/t13-,14+;/m1./s1. The molecule has 0 saturated carbocycles. The van der Waals surface area contributed by atoms with Gasteiger partial charge in [-0.2, -0.15) is 5.10 Å². The Kier molecular flexibility index (Phi) is 7.66. The molecule has 1 saturated heterocycles. The van der Waals surface area contributed by atoms with Gasteiger partial charge in [0.2, 0.25) is 0 Å². The molecule has 1 fully saturated rings. The number of carbonyl (C=O) groups is 1. The summed E-state index contributed by atoms with van der Waals surface area (Å²) in [5, 5.41) is 26.1. The number of hydrogen-bond acceptors (Lipinski definition) is 5. The molecule has 2 rings (SSSR count). The number of halogens is 1. The maximum atomic E-state index is 12.5. The van der Waals surface area contributed by atoms with Gasteiger partial charge in [-0.25, -0.2) is 0 Å². The lowest BCUT2D eigenvalue weighted by atomic mass is 9.91. The molecule has 0 unspecified atom stereocenters. The second kappa shape index (κ2) is 8.80. The molecule has 0 aliphatic carbocycles. The number of carbonyl (C=O) groups excluding carboxylic acids is 1. The fourth-order valence-corrected chi connectivity index (χ4v) is 3.34. The van der Waals surface area contributed by atoms with E-state index < -0.39 is 0 Å². The number of aryl methyl sites for hydroxylation is 2. The van der Waals surface area contributed by atoms with Crippen LogP contribution in [0.2, 0.25) is 0 Å². The monoisotopic (exact) mass is 360 g/mol. The SMILES string of the molecule is Cc1cc(C(=O)N[C@H]2CN(C(CO)CO)C[C@@H]2C(C)C)n(C)n1.Cl. The molecule has 138 valence electrons. The van der Waals surface area contributed by atoms with Crippen molar-refractivity contribution >= 4 is 18.3 Å². The fraction of sp³-hybridized carbons (Fsp3) is 0.750. The number of nitrogens with zero attached hydrogens (tertiary/aromatic N) is 3. The number of nitrogens with one attached hydrogen (secondary N) is 1. The fourth-order valence-electron chi connectivity index (χ4n) is 3.34. The Hall–Kier alpha value is -1.15. The summed E-state index contributed by atoms with van der Waals surface area (Å²) in [4.78, 5) is 14.6. The Bertz CT molecular complexity index is 545. The third-order valence-corrected chi connectivity index (χ3v) is 4.74. The average Bonchev–Trinajstić information content (AvgIpc) is 3.04. The van der Waals surface area contributed by atoms with Crippen LogP contribution in [0, 0.1) is 18.8 Å². The number of aromatic nitrogens is 2. The van der Waals surface area contributed by atoms with Gasteiger partial charge >= 0.3 is 0 Å². The summed E-state index contributed by atoms with van der Waals surface area (Å²) in [5.74, 6) is 0.556. The molecule has 1 aromatic heterocycles. The van der Waals surface area contributed by atoms with Gasteiger partial charge in [0.15, 0.2) is 0 Å². The highest BCUT2D eigenvalue weighted by Gasteiger charge is 2.38. The van der Waals surface area contributed by atoms with Crippen molar-refractivity contribution in [2.45, 2.75) is 32.9 Å². The normalized spacial score (nSPS) is 21.3. The molecule has 1 aromatic rings. The number of rotatable bonds is 6. The van der Waals surface area contributed by atoms with Gasteiger partial charge in [0.1, 0.15) is 5.69 Å². The predicted molar refractivity (Wildman–Crippen MR) is 94.3 cm³/mol. The zero-order valence-corrected chi connectivity index (χ0v) is 15.6. The number of aliphatic hydroxyl groups excluding tert-OH is 2. The van der Waals surface area contributed by atoms with Crippen LogP contribution in [0.25, 0.3) is 0 Å². The quantitative estimate of drug-likeness (QED) is 0.673. The summed E-state index contributed by atoms with van der Waals surface area (Å²) in [6.07, 6.45) is 0. The third kappa shape index (κ3) is 4.47. The van der Waals surface area contributed by atoms with E-state index in [-0.39, 0.29) is 49.5 Å². The van der Waals surface area contributed by atoms with E-state index in [9.17, 15) is 15.0 Å². The Morgan fingerprint density at radius 1 is 1.38 bits per heavy atom. The maximum Gasteiger partial charge on any atom is 0.269 e. The van der Waals surface area contributed by atoms with Crippen molar-refractivity contribution < 1.29 is 15.0 Å². The summed E-state index contributed by atoms with van der Waals surface area (Å²) >= 11 is 0. The van der Waals surface area contributed by atoms with Gasteiger partial charge in [0.05, 0.1) is 24.9 Å². The average molecular weight is 361 g/mol.